The van der Waals surface area contributed by atoms with Crippen LogP contribution in [0.2, 0.25) is 0 Å². The first-order chi connectivity index (χ1) is 11.2. The summed E-state index contributed by atoms with van der Waals surface area (Å²) in [6.45, 7) is 2.60. The van der Waals surface area contributed by atoms with Crippen molar-refractivity contribution in [2.45, 2.75) is 0 Å². The van der Waals surface area contributed by atoms with Gasteiger partial charge in [0.15, 0.2) is 0 Å². The highest BCUT2D eigenvalue weighted by Gasteiger charge is 2.23. The van der Waals surface area contributed by atoms with Gasteiger partial charge in [-0.25, -0.2) is 0 Å². The highest BCUT2D eigenvalue weighted by atomic mass is 16.2. The van der Waals surface area contributed by atoms with E-state index < -0.39 is 0 Å². The quantitative estimate of drug-likeness (QED) is 0.850. The van der Waals surface area contributed by atoms with E-state index in [9.17, 15) is 10.1 Å². The number of aromatic nitrogens is 1. The molecule has 0 aliphatic carbocycles. The van der Waals surface area contributed by atoms with Gasteiger partial charge < -0.3 is 15.5 Å². The van der Waals surface area contributed by atoms with Gasteiger partial charge in [0.05, 0.1) is 16.8 Å². The number of pyridine rings is 1. The Bertz CT molecular complexity index is 745. The molecule has 0 unspecified atom stereocenters. The highest BCUT2D eigenvalue weighted by Crippen LogP contribution is 2.24. The van der Waals surface area contributed by atoms with Gasteiger partial charge in [-0.1, -0.05) is 0 Å². The van der Waals surface area contributed by atoms with Gasteiger partial charge in [0, 0.05) is 44.3 Å². The first-order valence-corrected chi connectivity index (χ1v) is 7.43. The van der Waals surface area contributed by atoms with Gasteiger partial charge in [-0.2, -0.15) is 5.26 Å². The maximum atomic E-state index is 12.4. The predicted octanol–water partition coefficient (Wildman–Crippen LogP) is 1.50. The van der Waals surface area contributed by atoms with E-state index >= 15 is 0 Å². The molecule has 0 atom stereocenters. The Morgan fingerprint density at radius 3 is 2.65 bits per heavy atom. The summed E-state index contributed by atoms with van der Waals surface area (Å²) in [6.07, 6.45) is 3.24. The number of hydrogen-bond donors (Lipinski definition) is 1. The van der Waals surface area contributed by atoms with Crippen molar-refractivity contribution in [3.63, 3.8) is 0 Å². The number of nitrogens with zero attached hydrogens (tertiary/aromatic N) is 4. The van der Waals surface area contributed by atoms with Crippen molar-refractivity contribution in [2.75, 3.05) is 36.8 Å². The molecule has 2 N–H and O–H groups in total. The van der Waals surface area contributed by atoms with E-state index in [2.05, 4.69) is 16.0 Å². The lowest BCUT2D eigenvalue weighted by molar-refractivity contribution is 0.0746. The molecule has 6 nitrogen and oxygen atoms in total. The summed E-state index contributed by atoms with van der Waals surface area (Å²) in [5, 5.41) is 9.26. The number of rotatable bonds is 2. The zero-order valence-electron chi connectivity index (χ0n) is 12.6. The molecule has 2 aromatic rings. The van der Waals surface area contributed by atoms with Crippen LogP contribution in [0.3, 0.4) is 0 Å². The lowest BCUT2D eigenvalue weighted by Crippen LogP contribution is -2.49. The lowest BCUT2D eigenvalue weighted by atomic mass is 10.1. The average molecular weight is 307 g/mol. The molecule has 3 rings (SSSR count). The molecule has 23 heavy (non-hydrogen) atoms. The Hall–Kier alpha value is -3.07. The largest absolute Gasteiger partial charge is 0.399 e. The van der Waals surface area contributed by atoms with E-state index in [1.165, 1.54) is 0 Å². The molecule has 1 aliphatic heterocycles. The van der Waals surface area contributed by atoms with Crippen molar-refractivity contribution in [1.82, 2.24) is 9.88 Å². The monoisotopic (exact) mass is 307 g/mol. The van der Waals surface area contributed by atoms with Gasteiger partial charge in [-0.05, 0) is 30.3 Å². The molecule has 2 heterocycles. The van der Waals surface area contributed by atoms with Gasteiger partial charge in [-0.15, -0.1) is 0 Å². The summed E-state index contributed by atoms with van der Waals surface area (Å²) in [7, 11) is 0. The van der Waals surface area contributed by atoms with Crippen molar-refractivity contribution in [2.24, 2.45) is 0 Å². The normalized spacial score (nSPS) is 14.4. The zero-order valence-corrected chi connectivity index (χ0v) is 12.6. The lowest BCUT2D eigenvalue weighted by Gasteiger charge is -2.36. The third-order valence-electron chi connectivity index (χ3n) is 3.96. The van der Waals surface area contributed by atoms with E-state index in [0.29, 0.717) is 43.0 Å². The predicted molar refractivity (Wildman–Crippen MR) is 87.9 cm³/mol. The number of nitriles is 1. The van der Waals surface area contributed by atoms with Gasteiger partial charge in [-0.3, -0.25) is 9.78 Å². The summed E-state index contributed by atoms with van der Waals surface area (Å²) in [4.78, 5) is 20.3. The van der Waals surface area contributed by atoms with E-state index in [1.54, 1.807) is 36.7 Å². The second-order valence-electron chi connectivity index (χ2n) is 5.41. The molecule has 1 aromatic heterocycles. The first kappa shape index (κ1) is 14.9. The van der Waals surface area contributed by atoms with E-state index in [-0.39, 0.29) is 5.91 Å². The fraction of sp³-hybridized carbons (Fsp3) is 0.235. The van der Waals surface area contributed by atoms with Crippen molar-refractivity contribution >= 4 is 17.3 Å². The summed E-state index contributed by atoms with van der Waals surface area (Å²) in [5.41, 5.74) is 8.35. The minimum Gasteiger partial charge on any atom is -0.399 e. The molecule has 116 valence electrons. The molecule has 1 aromatic carbocycles. The van der Waals surface area contributed by atoms with Crippen molar-refractivity contribution in [3.8, 4) is 6.07 Å². The van der Waals surface area contributed by atoms with Crippen LogP contribution in [0.4, 0.5) is 11.4 Å². The number of hydrogen-bond acceptors (Lipinski definition) is 5. The maximum absolute atomic E-state index is 12.4. The smallest absolute Gasteiger partial charge is 0.255 e. The number of amides is 1. The van der Waals surface area contributed by atoms with Crippen LogP contribution in [-0.2, 0) is 0 Å². The molecule has 1 aliphatic rings. The van der Waals surface area contributed by atoms with Crippen molar-refractivity contribution in [1.29, 1.82) is 5.26 Å². The number of benzene rings is 1. The number of anilines is 2. The van der Waals surface area contributed by atoms with Crippen molar-refractivity contribution in [3.05, 3.63) is 53.9 Å². The van der Waals surface area contributed by atoms with Crippen molar-refractivity contribution < 1.29 is 4.79 Å². The molecule has 0 saturated carbocycles. The number of nitrogens with two attached hydrogens (primary N) is 1. The summed E-state index contributed by atoms with van der Waals surface area (Å²) in [6, 6.07) is 11.1. The Labute approximate surface area is 134 Å². The maximum Gasteiger partial charge on any atom is 0.255 e. The minimum absolute atomic E-state index is 0.00411. The molecular formula is C17H17N5O. The van der Waals surface area contributed by atoms with E-state index in [1.807, 2.05) is 11.0 Å². The fourth-order valence-electron chi connectivity index (χ4n) is 2.74. The van der Waals surface area contributed by atoms with Crippen LogP contribution in [0.1, 0.15) is 15.9 Å². The summed E-state index contributed by atoms with van der Waals surface area (Å²) >= 11 is 0. The first-order valence-electron chi connectivity index (χ1n) is 7.43. The summed E-state index contributed by atoms with van der Waals surface area (Å²) < 4.78 is 0. The SMILES string of the molecule is N#Cc1cc(N)ccc1N1CCN(C(=O)c2cccnc2)CC1. The molecule has 0 bridgehead atoms. The molecule has 1 saturated heterocycles. The Balaban J connectivity index is 1.70. The van der Waals surface area contributed by atoms with E-state index in [4.69, 9.17) is 5.73 Å². The van der Waals surface area contributed by atoms with Crippen LogP contribution in [-0.4, -0.2) is 42.0 Å². The van der Waals surface area contributed by atoms with Gasteiger partial charge in [0.1, 0.15) is 6.07 Å². The van der Waals surface area contributed by atoms with E-state index in [0.717, 1.165) is 5.69 Å². The minimum atomic E-state index is -0.00411. The van der Waals surface area contributed by atoms with Crippen LogP contribution in [0.15, 0.2) is 42.7 Å². The van der Waals surface area contributed by atoms with Crippen LogP contribution < -0.4 is 10.6 Å². The molecule has 1 amide bonds. The average Bonchev–Trinajstić information content (AvgIpc) is 2.62. The van der Waals surface area contributed by atoms with Gasteiger partial charge in [0.2, 0.25) is 0 Å². The second kappa shape index (κ2) is 6.36. The second-order valence-corrected chi connectivity index (χ2v) is 5.41. The number of piperazine rings is 1. The standard InChI is InChI=1S/C17H17N5O/c18-11-14-10-15(19)3-4-16(14)21-6-8-22(9-7-21)17(23)13-2-1-5-20-12-13/h1-5,10,12H,6-9,19H2. The molecule has 1 fully saturated rings. The Morgan fingerprint density at radius 2 is 2.00 bits per heavy atom. The summed E-state index contributed by atoms with van der Waals surface area (Å²) in [5.74, 6) is -0.00411. The third-order valence-corrected chi connectivity index (χ3v) is 3.96. The fourth-order valence-corrected chi connectivity index (χ4v) is 2.74. The Morgan fingerprint density at radius 1 is 1.22 bits per heavy atom. The third kappa shape index (κ3) is 3.09. The van der Waals surface area contributed by atoms with Gasteiger partial charge >= 0.3 is 0 Å². The topological polar surface area (TPSA) is 86.3 Å². The molecule has 6 heteroatoms. The zero-order chi connectivity index (χ0) is 16.2. The van der Waals surface area contributed by atoms with Crippen LogP contribution in [0.5, 0.6) is 0 Å². The van der Waals surface area contributed by atoms with Gasteiger partial charge in [0.25, 0.3) is 5.91 Å². The van der Waals surface area contributed by atoms with Crippen LogP contribution in [0, 0.1) is 11.3 Å². The molecular weight excluding hydrogens is 290 g/mol. The highest BCUT2D eigenvalue weighted by molar-refractivity contribution is 5.94. The molecule has 0 radical (unpaired) electrons. The van der Waals surface area contributed by atoms with Crippen LogP contribution >= 0.6 is 0 Å². The Kier molecular flexibility index (Phi) is 4.11. The number of carbonyl (C=O) groups is 1. The number of carbonyl (C=O) groups excluding carboxylic acids is 1. The molecule has 0 spiro atoms. The number of nitrogen functional groups attached to an aromatic ring is 1. The van der Waals surface area contributed by atoms with Crippen LogP contribution in [0.25, 0.3) is 0 Å².